The number of hydrogen-bond donors (Lipinski definition) is 1. The Labute approximate surface area is 119 Å². The van der Waals surface area contributed by atoms with E-state index < -0.39 is 0 Å². The molecule has 0 aromatic heterocycles. The van der Waals surface area contributed by atoms with Gasteiger partial charge in [0, 0.05) is 24.2 Å². The lowest BCUT2D eigenvalue weighted by Crippen LogP contribution is -2.30. The lowest BCUT2D eigenvalue weighted by Gasteiger charge is -2.27. The van der Waals surface area contributed by atoms with Crippen LogP contribution in [0, 0.1) is 0 Å². The first-order chi connectivity index (χ1) is 9.22. The predicted octanol–water partition coefficient (Wildman–Crippen LogP) is 3.47. The monoisotopic (exact) mass is 274 g/mol. The van der Waals surface area contributed by atoms with Gasteiger partial charge in [0.15, 0.2) is 0 Å². The van der Waals surface area contributed by atoms with E-state index in [0.29, 0.717) is 6.54 Å². The summed E-state index contributed by atoms with van der Waals surface area (Å²) in [5.74, 6) is 0. The van der Waals surface area contributed by atoms with Crippen molar-refractivity contribution in [2.45, 2.75) is 12.6 Å². The first-order valence-electron chi connectivity index (χ1n) is 6.41. The zero-order valence-electron chi connectivity index (χ0n) is 11.1. The molecule has 1 unspecified atom stereocenters. The van der Waals surface area contributed by atoms with Gasteiger partial charge in [0.05, 0.1) is 0 Å². The zero-order valence-corrected chi connectivity index (χ0v) is 11.8. The van der Waals surface area contributed by atoms with E-state index in [2.05, 4.69) is 30.1 Å². The molecule has 0 saturated carbocycles. The fourth-order valence-corrected chi connectivity index (χ4v) is 2.45. The molecule has 1 atom stereocenters. The molecule has 0 fully saturated rings. The second-order valence-corrected chi connectivity index (χ2v) is 5.08. The Kier molecular flexibility index (Phi) is 4.97. The van der Waals surface area contributed by atoms with Crippen LogP contribution in [0.5, 0.6) is 0 Å². The van der Waals surface area contributed by atoms with Gasteiger partial charge in [-0.25, -0.2) is 0 Å². The van der Waals surface area contributed by atoms with E-state index in [0.717, 1.165) is 17.1 Å². The fraction of sp³-hybridized carbons (Fsp3) is 0.250. The summed E-state index contributed by atoms with van der Waals surface area (Å²) in [5, 5.41) is 0.804. The highest BCUT2D eigenvalue weighted by molar-refractivity contribution is 6.31. The molecule has 100 valence electrons. The van der Waals surface area contributed by atoms with Gasteiger partial charge in [-0.1, -0.05) is 60.1 Å². The summed E-state index contributed by atoms with van der Waals surface area (Å²) in [4.78, 5) is 2.23. The van der Waals surface area contributed by atoms with Crippen LogP contribution in [0.4, 0.5) is 0 Å². The third-order valence-corrected chi connectivity index (χ3v) is 3.69. The molecule has 2 aromatic carbocycles. The van der Waals surface area contributed by atoms with Gasteiger partial charge in [-0.15, -0.1) is 0 Å². The Balaban J connectivity index is 2.14. The predicted molar refractivity (Wildman–Crippen MR) is 81.2 cm³/mol. The lowest BCUT2D eigenvalue weighted by atomic mass is 10.1. The smallest absolute Gasteiger partial charge is 0.0470 e. The maximum Gasteiger partial charge on any atom is 0.0470 e. The average Bonchev–Trinajstić information content (AvgIpc) is 2.43. The molecule has 2 rings (SSSR count). The molecule has 0 aliphatic rings. The van der Waals surface area contributed by atoms with Crippen molar-refractivity contribution in [2.24, 2.45) is 5.73 Å². The van der Waals surface area contributed by atoms with Crippen LogP contribution < -0.4 is 5.73 Å². The number of halogens is 1. The zero-order chi connectivity index (χ0) is 13.7. The highest BCUT2D eigenvalue weighted by atomic mass is 35.5. The Morgan fingerprint density at radius 3 is 2.32 bits per heavy atom. The van der Waals surface area contributed by atoms with Crippen molar-refractivity contribution in [3.8, 4) is 0 Å². The molecular formula is C16H19ClN2. The number of nitrogens with zero attached hydrogens (tertiary/aromatic N) is 1. The van der Waals surface area contributed by atoms with Crippen LogP contribution >= 0.6 is 11.6 Å². The van der Waals surface area contributed by atoms with Crippen molar-refractivity contribution >= 4 is 11.6 Å². The molecule has 0 saturated heterocycles. The van der Waals surface area contributed by atoms with Crippen molar-refractivity contribution in [1.82, 2.24) is 4.90 Å². The normalized spacial score (nSPS) is 12.6. The minimum Gasteiger partial charge on any atom is -0.329 e. The summed E-state index contributed by atoms with van der Waals surface area (Å²) in [6.07, 6.45) is 0. The van der Waals surface area contributed by atoms with Gasteiger partial charge >= 0.3 is 0 Å². The first kappa shape index (κ1) is 14.1. The van der Waals surface area contributed by atoms with E-state index in [1.54, 1.807) is 0 Å². The Morgan fingerprint density at radius 2 is 1.68 bits per heavy atom. The minimum absolute atomic E-state index is 0.206. The SMILES string of the molecule is CN(Cc1ccccc1Cl)C(CN)c1ccccc1. The number of hydrogen-bond acceptors (Lipinski definition) is 2. The van der Waals surface area contributed by atoms with Gasteiger partial charge in [-0.3, -0.25) is 4.90 Å². The third-order valence-electron chi connectivity index (χ3n) is 3.32. The molecule has 2 N–H and O–H groups in total. The van der Waals surface area contributed by atoms with Gasteiger partial charge < -0.3 is 5.73 Å². The van der Waals surface area contributed by atoms with Crippen molar-refractivity contribution in [3.63, 3.8) is 0 Å². The molecule has 0 bridgehead atoms. The quantitative estimate of drug-likeness (QED) is 0.905. The van der Waals surface area contributed by atoms with E-state index in [4.69, 9.17) is 17.3 Å². The summed E-state index contributed by atoms with van der Waals surface area (Å²) in [5.41, 5.74) is 8.28. The van der Waals surface area contributed by atoms with Crippen molar-refractivity contribution < 1.29 is 0 Å². The van der Waals surface area contributed by atoms with E-state index in [1.807, 2.05) is 36.4 Å². The number of rotatable bonds is 5. The largest absolute Gasteiger partial charge is 0.329 e. The van der Waals surface area contributed by atoms with Crippen LogP contribution in [0.25, 0.3) is 0 Å². The summed E-state index contributed by atoms with van der Waals surface area (Å²) < 4.78 is 0. The van der Waals surface area contributed by atoms with Gasteiger partial charge in [0.1, 0.15) is 0 Å². The molecule has 0 spiro atoms. The van der Waals surface area contributed by atoms with Crippen LogP contribution in [0.2, 0.25) is 5.02 Å². The summed E-state index contributed by atoms with van der Waals surface area (Å²) in [6.45, 7) is 1.38. The second-order valence-electron chi connectivity index (χ2n) is 4.67. The third kappa shape index (κ3) is 3.57. The average molecular weight is 275 g/mol. The molecule has 3 heteroatoms. The molecule has 2 aromatic rings. The van der Waals surface area contributed by atoms with E-state index >= 15 is 0 Å². The molecule has 0 amide bonds. The summed E-state index contributed by atoms with van der Waals surface area (Å²) in [7, 11) is 2.08. The maximum absolute atomic E-state index is 6.20. The molecule has 0 heterocycles. The second kappa shape index (κ2) is 6.71. The molecule has 19 heavy (non-hydrogen) atoms. The van der Waals surface area contributed by atoms with Crippen molar-refractivity contribution in [2.75, 3.05) is 13.6 Å². The van der Waals surface area contributed by atoms with E-state index in [1.165, 1.54) is 5.56 Å². The Hall–Kier alpha value is -1.35. The van der Waals surface area contributed by atoms with Gasteiger partial charge in [0.25, 0.3) is 0 Å². The van der Waals surface area contributed by atoms with Crippen molar-refractivity contribution in [3.05, 3.63) is 70.7 Å². The summed E-state index contributed by atoms with van der Waals surface area (Å²) >= 11 is 6.20. The van der Waals surface area contributed by atoms with Crippen LogP contribution in [0.3, 0.4) is 0 Å². The molecule has 0 aliphatic heterocycles. The Morgan fingerprint density at radius 1 is 1.05 bits per heavy atom. The van der Waals surface area contributed by atoms with Crippen LogP contribution in [0.1, 0.15) is 17.2 Å². The van der Waals surface area contributed by atoms with Gasteiger partial charge in [-0.05, 0) is 24.2 Å². The van der Waals surface area contributed by atoms with Gasteiger partial charge in [-0.2, -0.15) is 0 Å². The topological polar surface area (TPSA) is 29.3 Å². The standard InChI is InChI=1S/C16H19ClN2/c1-19(12-14-9-5-6-10-15(14)17)16(11-18)13-7-3-2-4-8-13/h2-10,16H,11-12,18H2,1H3. The van der Waals surface area contributed by atoms with Crippen LogP contribution in [-0.2, 0) is 6.54 Å². The molecular weight excluding hydrogens is 256 g/mol. The van der Waals surface area contributed by atoms with Crippen LogP contribution in [-0.4, -0.2) is 18.5 Å². The number of likely N-dealkylation sites (N-methyl/N-ethyl adjacent to an activating group) is 1. The number of benzene rings is 2. The lowest BCUT2D eigenvalue weighted by molar-refractivity contribution is 0.242. The van der Waals surface area contributed by atoms with Crippen molar-refractivity contribution in [1.29, 1.82) is 0 Å². The molecule has 0 aliphatic carbocycles. The molecule has 2 nitrogen and oxygen atoms in total. The van der Waals surface area contributed by atoms with E-state index in [-0.39, 0.29) is 6.04 Å². The minimum atomic E-state index is 0.206. The van der Waals surface area contributed by atoms with E-state index in [9.17, 15) is 0 Å². The maximum atomic E-state index is 6.20. The fourth-order valence-electron chi connectivity index (χ4n) is 2.25. The first-order valence-corrected chi connectivity index (χ1v) is 6.79. The van der Waals surface area contributed by atoms with Gasteiger partial charge in [0.2, 0.25) is 0 Å². The summed E-state index contributed by atoms with van der Waals surface area (Å²) in [6, 6.07) is 18.5. The Bertz CT molecular complexity index is 513. The molecule has 0 radical (unpaired) electrons. The number of nitrogens with two attached hydrogens (primary N) is 1. The van der Waals surface area contributed by atoms with Crippen LogP contribution in [0.15, 0.2) is 54.6 Å². The highest BCUT2D eigenvalue weighted by Gasteiger charge is 2.16. The highest BCUT2D eigenvalue weighted by Crippen LogP contribution is 2.23.